The highest BCUT2D eigenvalue weighted by Crippen LogP contribution is 2.19. The largest absolute Gasteiger partial charge is 0.480 e. The number of urea groups is 1. The zero-order valence-corrected chi connectivity index (χ0v) is 12.8. The smallest absolute Gasteiger partial charge is 0.329 e. The lowest BCUT2D eigenvalue weighted by Gasteiger charge is -2.34. The topological polar surface area (TPSA) is 60.9 Å². The van der Waals surface area contributed by atoms with Gasteiger partial charge in [-0.25, -0.2) is 9.59 Å². The second kappa shape index (κ2) is 6.13. The van der Waals surface area contributed by atoms with E-state index in [4.69, 9.17) is 16.7 Å². The number of carbonyl (C=O) groups excluding carboxylic acids is 1. The van der Waals surface area contributed by atoms with Crippen LogP contribution in [-0.2, 0) is 11.3 Å². The van der Waals surface area contributed by atoms with Crippen molar-refractivity contribution in [3.05, 3.63) is 34.9 Å². The Balaban J connectivity index is 2.83. The third-order valence-electron chi connectivity index (χ3n) is 3.34. The van der Waals surface area contributed by atoms with Gasteiger partial charge < -0.3 is 14.9 Å². The van der Waals surface area contributed by atoms with E-state index >= 15 is 0 Å². The number of rotatable bonds is 4. The second-order valence-corrected chi connectivity index (χ2v) is 5.56. The Bertz CT molecular complexity index is 517. The highest BCUT2D eigenvalue weighted by atomic mass is 35.5. The molecule has 0 aliphatic rings. The fourth-order valence-electron chi connectivity index (χ4n) is 1.59. The van der Waals surface area contributed by atoms with Gasteiger partial charge in [0.25, 0.3) is 0 Å². The van der Waals surface area contributed by atoms with E-state index in [1.54, 1.807) is 13.1 Å². The van der Waals surface area contributed by atoms with Crippen molar-refractivity contribution in [1.29, 1.82) is 0 Å². The molecule has 20 heavy (non-hydrogen) atoms. The molecular weight excluding hydrogens is 280 g/mol. The first-order valence-corrected chi connectivity index (χ1v) is 6.51. The quantitative estimate of drug-likeness (QED) is 0.929. The van der Waals surface area contributed by atoms with Gasteiger partial charge in [-0.1, -0.05) is 29.8 Å². The van der Waals surface area contributed by atoms with Crippen LogP contribution < -0.4 is 0 Å². The number of hydrogen-bond acceptors (Lipinski definition) is 2. The minimum Gasteiger partial charge on any atom is -0.480 e. The number of aliphatic carboxylic acids is 1. The standard InChI is InChI=1S/C14H19ClN2O3/c1-14(2,12(18)19)17(4)13(20)16(3)9-10-7-5-6-8-11(10)15/h5-8H,9H2,1-4H3,(H,18,19). The van der Waals surface area contributed by atoms with Gasteiger partial charge in [0.2, 0.25) is 0 Å². The summed E-state index contributed by atoms with van der Waals surface area (Å²) in [5, 5.41) is 9.72. The van der Waals surface area contributed by atoms with Crippen molar-refractivity contribution in [3.63, 3.8) is 0 Å². The van der Waals surface area contributed by atoms with E-state index in [0.29, 0.717) is 11.6 Å². The van der Waals surface area contributed by atoms with Crippen LogP contribution in [0.15, 0.2) is 24.3 Å². The average Bonchev–Trinajstić information content (AvgIpc) is 2.39. The average molecular weight is 299 g/mol. The lowest BCUT2D eigenvalue weighted by atomic mass is 10.0. The SMILES string of the molecule is CN(Cc1ccccc1Cl)C(=O)N(C)C(C)(C)C(=O)O. The summed E-state index contributed by atoms with van der Waals surface area (Å²) in [6.07, 6.45) is 0. The zero-order chi connectivity index (χ0) is 15.5. The minimum atomic E-state index is -1.27. The van der Waals surface area contributed by atoms with Gasteiger partial charge in [-0.15, -0.1) is 0 Å². The molecule has 6 heteroatoms. The van der Waals surface area contributed by atoms with Crippen molar-refractivity contribution >= 4 is 23.6 Å². The van der Waals surface area contributed by atoms with Gasteiger partial charge in [0.15, 0.2) is 0 Å². The Morgan fingerprint density at radius 1 is 1.25 bits per heavy atom. The molecule has 1 N–H and O–H groups in total. The van der Waals surface area contributed by atoms with E-state index in [1.807, 2.05) is 18.2 Å². The summed E-state index contributed by atoms with van der Waals surface area (Å²) in [5.41, 5.74) is -0.460. The number of hydrogen-bond donors (Lipinski definition) is 1. The zero-order valence-electron chi connectivity index (χ0n) is 12.1. The highest BCUT2D eigenvalue weighted by molar-refractivity contribution is 6.31. The molecule has 0 aliphatic heterocycles. The Morgan fingerprint density at radius 2 is 1.80 bits per heavy atom. The van der Waals surface area contributed by atoms with Crippen molar-refractivity contribution < 1.29 is 14.7 Å². The van der Waals surface area contributed by atoms with Gasteiger partial charge in [-0.2, -0.15) is 0 Å². The first kappa shape index (κ1) is 16.3. The van der Waals surface area contributed by atoms with Gasteiger partial charge in [-0.3, -0.25) is 0 Å². The Kier molecular flexibility index (Phi) is 5.00. The van der Waals surface area contributed by atoms with E-state index < -0.39 is 11.5 Å². The second-order valence-electron chi connectivity index (χ2n) is 5.15. The molecule has 0 aromatic heterocycles. The molecule has 0 saturated carbocycles. The van der Waals surface area contributed by atoms with E-state index in [2.05, 4.69) is 0 Å². The maximum absolute atomic E-state index is 12.3. The molecule has 1 aromatic carbocycles. The van der Waals surface area contributed by atoms with Gasteiger partial charge in [0.1, 0.15) is 5.54 Å². The molecule has 0 heterocycles. The number of carbonyl (C=O) groups is 2. The molecule has 0 unspecified atom stereocenters. The number of halogens is 1. The van der Waals surface area contributed by atoms with Crippen LogP contribution in [0.2, 0.25) is 5.02 Å². The molecule has 5 nitrogen and oxygen atoms in total. The Hall–Kier alpha value is -1.75. The number of amides is 2. The molecule has 0 aliphatic carbocycles. The highest BCUT2D eigenvalue weighted by Gasteiger charge is 2.36. The normalized spacial score (nSPS) is 11.1. The van der Waals surface area contributed by atoms with Crippen LogP contribution in [0.5, 0.6) is 0 Å². The summed E-state index contributed by atoms with van der Waals surface area (Å²) in [6.45, 7) is 3.28. The van der Waals surface area contributed by atoms with Crippen LogP contribution in [0.1, 0.15) is 19.4 Å². The predicted octanol–water partition coefficient (Wildman–Crippen LogP) is 2.69. The molecule has 1 rings (SSSR count). The van der Waals surface area contributed by atoms with Crippen molar-refractivity contribution in [3.8, 4) is 0 Å². The third kappa shape index (κ3) is 3.42. The van der Waals surface area contributed by atoms with Crippen molar-refractivity contribution in [2.24, 2.45) is 0 Å². The van der Waals surface area contributed by atoms with Gasteiger partial charge in [-0.05, 0) is 25.5 Å². The molecule has 0 fully saturated rings. The van der Waals surface area contributed by atoms with Crippen molar-refractivity contribution in [2.45, 2.75) is 25.9 Å². The summed E-state index contributed by atoms with van der Waals surface area (Å²) >= 11 is 6.05. The molecule has 0 atom stereocenters. The van der Waals surface area contributed by atoms with Crippen LogP contribution in [0.4, 0.5) is 4.79 Å². The molecule has 0 bridgehead atoms. The maximum Gasteiger partial charge on any atom is 0.329 e. The van der Waals surface area contributed by atoms with Crippen LogP contribution in [0.25, 0.3) is 0 Å². The summed E-state index contributed by atoms with van der Waals surface area (Å²) in [6, 6.07) is 6.85. The molecule has 0 saturated heterocycles. The monoisotopic (exact) mass is 298 g/mol. The first-order chi connectivity index (χ1) is 9.17. The summed E-state index contributed by atoms with van der Waals surface area (Å²) in [5.74, 6) is -1.06. The van der Waals surface area contributed by atoms with Crippen molar-refractivity contribution in [2.75, 3.05) is 14.1 Å². The van der Waals surface area contributed by atoms with Crippen LogP contribution in [0.3, 0.4) is 0 Å². The third-order valence-corrected chi connectivity index (χ3v) is 3.71. The van der Waals surface area contributed by atoms with E-state index in [9.17, 15) is 9.59 Å². The van der Waals surface area contributed by atoms with Gasteiger partial charge in [0, 0.05) is 25.7 Å². The van der Waals surface area contributed by atoms with E-state index in [0.717, 1.165) is 5.56 Å². The molecule has 110 valence electrons. The van der Waals surface area contributed by atoms with Gasteiger partial charge in [0.05, 0.1) is 0 Å². The fraction of sp³-hybridized carbons (Fsp3) is 0.429. The van der Waals surface area contributed by atoms with E-state index in [-0.39, 0.29) is 6.03 Å². The number of nitrogens with zero attached hydrogens (tertiary/aromatic N) is 2. The number of likely N-dealkylation sites (N-methyl/N-ethyl adjacent to an activating group) is 1. The number of carboxylic acids is 1. The van der Waals surface area contributed by atoms with Crippen LogP contribution in [0, 0.1) is 0 Å². The molecule has 1 aromatic rings. The minimum absolute atomic E-state index is 0.318. The summed E-state index contributed by atoms with van der Waals surface area (Å²) in [7, 11) is 3.08. The maximum atomic E-state index is 12.3. The van der Waals surface area contributed by atoms with Crippen LogP contribution >= 0.6 is 11.6 Å². The molecular formula is C14H19ClN2O3. The van der Waals surface area contributed by atoms with Crippen molar-refractivity contribution in [1.82, 2.24) is 9.80 Å². The lowest BCUT2D eigenvalue weighted by Crippen LogP contribution is -2.54. The molecule has 2 amide bonds. The van der Waals surface area contributed by atoms with E-state index in [1.165, 1.54) is 30.7 Å². The summed E-state index contributed by atoms with van der Waals surface area (Å²) < 4.78 is 0. The number of benzene rings is 1. The first-order valence-electron chi connectivity index (χ1n) is 6.13. The van der Waals surface area contributed by atoms with Crippen LogP contribution in [-0.4, -0.2) is 46.5 Å². The Labute approximate surface area is 123 Å². The molecule has 0 radical (unpaired) electrons. The lowest BCUT2D eigenvalue weighted by molar-refractivity contribution is -0.147. The summed E-state index contributed by atoms with van der Waals surface area (Å²) in [4.78, 5) is 26.1. The predicted molar refractivity (Wildman–Crippen MR) is 77.8 cm³/mol. The van der Waals surface area contributed by atoms with Gasteiger partial charge >= 0.3 is 12.0 Å². The fourth-order valence-corrected chi connectivity index (χ4v) is 1.78. The Morgan fingerprint density at radius 3 is 2.30 bits per heavy atom. The number of carboxylic acid groups (broad SMARTS) is 1. The molecule has 0 spiro atoms.